The first-order valence-corrected chi connectivity index (χ1v) is 53.4. The van der Waals surface area contributed by atoms with Crippen LogP contribution in [0.5, 0.6) is 0 Å². The van der Waals surface area contributed by atoms with Gasteiger partial charge in [-0.05, 0) is 229 Å². The average Bonchev–Trinajstić information content (AvgIpc) is 0.989. The number of phosphoric ester groups is 1. The summed E-state index contributed by atoms with van der Waals surface area (Å²) in [6, 6.07) is 0. The summed E-state index contributed by atoms with van der Waals surface area (Å²) in [5.74, 6) is 0. The van der Waals surface area contributed by atoms with Crippen LogP contribution in [0.2, 0.25) is 0 Å². The molecule has 0 aliphatic carbocycles. The van der Waals surface area contributed by atoms with E-state index in [0.717, 1.165) is 111 Å². The van der Waals surface area contributed by atoms with E-state index in [9.17, 15) is 9.13 Å². The van der Waals surface area contributed by atoms with Crippen LogP contribution in [0.15, 0.2) is 152 Å². The Hall–Kier alpha value is 2.33. The summed E-state index contributed by atoms with van der Waals surface area (Å²) in [5.41, 5.74) is 18.2. The second-order valence-corrected chi connectivity index (χ2v) is 33.8. The lowest BCUT2D eigenvalue weighted by molar-refractivity contribution is 0.203. The standard InChI is InChI=1S/3C15H28OP2.C10H20OP2.2C5H12OP2.CH6O7P2.H2OP2/c3*1-13(2)7-5-8-14(3)9-6-10-15(4)11-12-16-18-17;1-9(2)5-4-6-10(3)7-8-11-13-12;2*1-5(2)3-4-6-8-7;1-7-10(5,6)8-9(2,3)4;1-3-2/h3*7,9,11,18H,5-6,8,10,12,17H2,1-4H3;5,7,13H,4,6,8,12H2,1-3H3;2*8H,1,3-4,7H2,2H3;1H3,(H,5,6)(H2,2,3,4);2H2/b3*14-9+,15-11-;10-7+;;;;. The summed E-state index contributed by atoms with van der Waals surface area (Å²) < 4.78 is 67.3. The number of hydrogen-bond donors (Lipinski definition) is 3. The summed E-state index contributed by atoms with van der Waals surface area (Å²) in [7, 11) is 11.9. The summed E-state index contributed by atoms with van der Waals surface area (Å²) in [4.78, 5) is 24.2. The second-order valence-electron chi connectivity index (χ2n) is 22.6. The SMILES string of the molecule is C=C(C)CCOPP.C=C(C)CCOPP.CC(C)=CCC/C(C)=C/CC/C(C)=C\COPP.CC(C)=CCC/C(C)=C/CC/C(C)=C\COPP.CC(C)=CCC/C(C)=C/CC/C(C)=C\COPP.CC(C)=CCC/C(C)=C/COPP.COP(=O)(O)OP(=O)(O)O.O=PP. The van der Waals surface area contributed by atoms with Crippen molar-refractivity contribution in [1.82, 2.24) is 0 Å². The maximum atomic E-state index is 10.2. The van der Waals surface area contributed by atoms with Crippen LogP contribution in [-0.2, 0) is 49.7 Å². The lowest BCUT2D eigenvalue weighted by Gasteiger charge is -2.08. The van der Waals surface area contributed by atoms with Crippen molar-refractivity contribution in [2.24, 2.45) is 0 Å². The number of hydrogen-bond acceptors (Lipinski definition) is 11. The van der Waals surface area contributed by atoms with Gasteiger partial charge in [0.15, 0.2) is 8.15 Å². The minimum absolute atomic E-state index is 0.0833. The van der Waals surface area contributed by atoms with Gasteiger partial charge >= 0.3 is 15.6 Å². The molecule has 0 aliphatic heterocycles. The van der Waals surface area contributed by atoms with Gasteiger partial charge in [0.1, 0.15) is 0 Å². The van der Waals surface area contributed by atoms with Gasteiger partial charge in [-0.15, -0.1) is 13.2 Å². The van der Waals surface area contributed by atoms with Gasteiger partial charge in [-0.1, -0.05) is 193 Å². The molecule has 0 aromatic heterocycles. The Morgan fingerprint density at radius 1 is 0.365 bits per heavy atom. The van der Waals surface area contributed by atoms with E-state index < -0.39 is 15.6 Å². The van der Waals surface area contributed by atoms with Crippen molar-refractivity contribution < 1.29 is 64.4 Å². The van der Waals surface area contributed by atoms with Crippen LogP contribution in [0.1, 0.15) is 220 Å². The summed E-state index contributed by atoms with van der Waals surface area (Å²) in [6.07, 6.45) is 43.2. The molecule has 3 N–H and O–H groups in total. The van der Waals surface area contributed by atoms with Crippen molar-refractivity contribution in [3.63, 3.8) is 0 Å². The van der Waals surface area contributed by atoms with Crippen molar-refractivity contribution >= 4 is 137 Å². The first-order chi connectivity index (χ1) is 45.1. The molecule has 0 heterocycles. The van der Waals surface area contributed by atoms with Crippen LogP contribution in [0.25, 0.3) is 0 Å². The van der Waals surface area contributed by atoms with Crippen LogP contribution in [0.4, 0.5) is 0 Å². The fraction of sp³-hybridized carbons (Fsp3) is 0.606. The van der Waals surface area contributed by atoms with Crippen LogP contribution in [0.3, 0.4) is 0 Å². The zero-order valence-corrected chi connectivity index (χ0v) is 78.8. The highest BCUT2D eigenvalue weighted by atomic mass is 32.0. The van der Waals surface area contributed by atoms with E-state index in [0.29, 0.717) is 51.0 Å². The largest absolute Gasteiger partial charge is 0.480 e. The molecule has 0 saturated heterocycles. The Morgan fingerprint density at radius 3 is 0.698 bits per heavy atom. The van der Waals surface area contributed by atoms with Crippen molar-refractivity contribution in [2.45, 2.75) is 220 Å². The fourth-order valence-corrected chi connectivity index (χ4v) is 10.7. The van der Waals surface area contributed by atoms with Gasteiger partial charge in [0.05, 0.1) is 39.6 Å². The molecule has 564 valence electrons. The van der Waals surface area contributed by atoms with E-state index in [1.807, 2.05) is 22.8 Å². The Kier molecular flexibility index (Phi) is 105. The van der Waals surface area contributed by atoms with E-state index in [-0.39, 0.29) is 8.15 Å². The minimum atomic E-state index is -4.94. The fourth-order valence-electron chi connectivity index (χ4n) is 6.37. The molecule has 0 saturated carbocycles. The molecular weight excluding hydrogens is 1510 g/mol. The zero-order valence-electron chi connectivity index (χ0n) is 62.0. The predicted octanol–water partition coefficient (Wildman–Crippen LogP) is 27.1. The maximum absolute atomic E-state index is 10.2. The van der Waals surface area contributed by atoms with Crippen molar-refractivity contribution in [1.29, 1.82) is 0 Å². The summed E-state index contributed by atoms with van der Waals surface area (Å²) >= 11 is 0. The van der Waals surface area contributed by atoms with E-state index in [2.05, 4.69) is 246 Å². The molecule has 0 amide bonds. The molecule has 0 spiro atoms. The molecule has 0 radical (unpaired) electrons. The Bertz CT molecular complexity index is 2160. The molecule has 0 aromatic rings. The summed E-state index contributed by atoms with van der Waals surface area (Å²) in [5, 5.41) is 0. The first kappa shape index (κ1) is 114. The molecule has 0 aliphatic rings. The van der Waals surface area contributed by atoms with E-state index in [1.54, 1.807) is 0 Å². The molecule has 14 nitrogen and oxygen atoms in total. The summed E-state index contributed by atoms with van der Waals surface area (Å²) in [6.45, 7) is 48.8. The average molecular weight is 1650 g/mol. The maximum Gasteiger partial charge on any atom is 0.480 e. The highest BCUT2D eigenvalue weighted by Crippen LogP contribution is 2.56. The van der Waals surface area contributed by atoms with Crippen molar-refractivity contribution in [2.75, 3.05) is 46.8 Å². The normalized spacial score (nSPS) is 13.1. The van der Waals surface area contributed by atoms with Crippen LogP contribution < -0.4 is 0 Å². The number of phosphoric acid groups is 2. The molecule has 14 unspecified atom stereocenters. The second kappa shape index (κ2) is 88.0. The Labute approximate surface area is 617 Å². The lowest BCUT2D eigenvalue weighted by Crippen LogP contribution is -1.88. The molecule has 0 rings (SSSR count). The van der Waals surface area contributed by atoms with E-state index in [4.69, 9.17) is 46.4 Å². The zero-order chi connectivity index (χ0) is 75.4. The lowest BCUT2D eigenvalue weighted by atomic mass is 10.1. The number of rotatable bonds is 44. The highest BCUT2D eigenvalue weighted by Gasteiger charge is 2.30. The first-order valence-electron chi connectivity index (χ1n) is 31.6. The van der Waals surface area contributed by atoms with Gasteiger partial charge in [-0.3, -0.25) is 9.09 Å². The minimum Gasteiger partial charge on any atom is -0.358 e. The smallest absolute Gasteiger partial charge is 0.358 e. The molecule has 0 fully saturated rings. The molecule has 14 atom stereocenters. The van der Waals surface area contributed by atoms with Crippen LogP contribution in [0, 0.1) is 0 Å². The third-order valence-electron chi connectivity index (χ3n) is 11.7. The Morgan fingerprint density at radius 2 is 0.552 bits per heavy atom. The van der Waals surface area contributed by atoms with Gasteiger partial charge in [0, 0.05) is 58.1 Å². The molecule has 0 aromatic carbocycles. The molecular formula is C66H136O14P16. The third kappa shape index (κ3) is 126. The predicted molar refractivity (Wildman–Crippen MR) is 469 cm³/mol. The van der Waals surface area contributed by atoms with E-state index in [1.165, 1.54) is 111 Å². The highest BCUT2D eigenvalue weighted by molar-refractivity contribution is 8.01. The number of allylic oxidation sites excluding steroid dienone is 18. The Balaban J connectivity index is -0.000000159. The van der Waals surface area contributed by atoms with Gasteiger partial charge in [-0.25, -0.2) is 9.13 Å². The van der Waals surface area contributed by atoms with Gasteiger partial charge < -0.3 is 41.8 Å². The molecule has 30 heteroatoms. The van der Waals surface area contributed by atoms with Gasteiger partial charge in [-0.2, -0.15) is 4.31 Å². The molecule has 96 heavy (non-hydrogen) atoms. The van der Waals surface area contributed by atoms with E-state index >= 15 is 0 Å². The van der Waals surface area contributed by atoms with Crippen molar-refractivity contribution in [3.8, 4) is 0 Å². The van der Waals surface area contributed by atoms with Crippen LogP contribution in [-0.4, -0.2) is 61.4 Å². The third-order valence-corrected chi connectivity index (χ3v) is 18.9. The van der Waals surface area contributed by atoms with Gasteiger partial charge in [0.25, 0.3) is 0 Å². The monoisotopic (exact) mass is 1650 g/mol. The van der Waals surface area contributed by atoms with Crippen molar-refractivity contribution in [3.05, 3.63) is 152 Å². The quantitative estimate of drug-likeness (QED) is 0.0297. The van der Waals surface area contributed by atoms with Crippen LogP contribution >= 0.6 is 137 Å². The topological polar surface area (TPSA) is 186 Å². The van der Waals surface area contributed by atoms with Gasteiger partial charge in [0.2, 0.25) is 0 Å². The molecule has 0 bridgehead atoms.